The Morgan fingerprint density at radius 3 is 2.76 bits per heavy atom. The molecule has 1 aliphatic heterocycles. The van der Waals surface area contributed by atoms with Crippen LogP contribution in [0.4, 0.5) is 0 Å². The predicted octanol–water partition coefficient (Wildman–Crippen LogP) is 2.01. The highest BCUT2D eigenvalue weighted by atomic mass is 16.5. The van der Waals surface area contributed by atoms with Crippen LogP contribution in [0.5, 0.6) is 0 Å². The second kappa shape index (κ2) is 4.51. The number of morpholine rings is 1. The number of aromatic nitrogens is 1. The molecule has 1 saturated heterocycles. The third kappa shape index (κ3) is 2.08. The third-order valence-electron chi connectivity index (χ3n) is 3.48. The number of ether oxygens (including phenoxy) is 1. The van der Waals surface area contributed by atoms with Crippen LogP contribution in [0, 0.1) is 0 Å². The fraction of sp³-hybridized carbons (Fsp3) is 0.429. The van der Waals surface area contributed by atoms with E-state index in [4.69, 9.17) is 4.74 Å². The van der Waals surface area contributed by atoms with E-state index in [2.05, 4.69) is 47.0 Å². The van der Waals surface area contributed by atoms with Crippen molar-refractivity contribution in [2.75, 3.05) is 26.3 Å². The summed E-state index contributed by atoms with van der Waals surface area (Å²) in [6.45, 7) is 4.85. The number of aryl methyl sites for hydroxylation is 1. The molecule has 0 aliphatic carbocycles. The van der Waals surface area contributed by atoms with Crippen LogP contribution in [-0.4, -0.2) is 35.8 Å². The molecule has 0 bridgehead atoms. The van der Waals surface area contributed by atoms with E-state index in [0.29, 0.717) is 0 Å². The summed E-state index contributed by atoms with van der Waals surface area (Å²) in [4.78, 5) is 2.46. The smallest absolute Gasteiger partial charge is 0.0594 e. The van der Waals surface area contributed by atoms with Crippen LogP contribution in [0.25, 0.3) is 10.9 Å². The number of rotatable bonds is 2. The van der Waals surface area contributed by atoms with Crippen LogP contribution in [0.15, 0.2) is 30.5 Å². The first kappa shape index (κ1) is 10.8. The maximum atomic E-state index is 5.38. The first-order valence-corrected chi connectivity index (χ1v) is 6.17. The number of hydrogen-bond acceptors (Lipinski definition) is 2. The SMILES string of the molecule is Cn1cc(CN2CCOCC2)c2ccccc21. The zero-order valence-corrected chi connectivity index (χ0v) is 10.2. The van der Waals surface area contributed by atoms with E-state index in [0.717, 1.165) is 32.8 Å². The van der Waals surface area contributed by atoms with Crippen LogP contribution in [0.2, 0.25) is 0 Å². The van der Waals surface area contributed by atoms with Gasteiger partial charge in [0, 0.05) is 43.8 Å². The van der Waals surface area contributed by atoms with Crippen LogP contribution in [0.1, 0.15) is 5.56 Å². The molecule has 2 aromatic rings. The lowest BCUT2D eigenvalue weighted by Crippen LogP contribution is -2.35. The van der Waals surface area contributed by atoms with Crippen molar-refractivity contribution in [2.45, 2.75) is 6.54 Å². The lowest BCUT2D eigenvalue weighted by atomic mass is 10.1. The summed E-state index contributed by atoms with van der Waals surface area (Å²) < 4.78 is 7.60. The van der Waals surface area contributed by atoms with Crippen molar-refractivity contribution < 1.29 is 4.74 Å². The molecule has 3 rings (SSSR count). The lowest BCUT2D eigenvalue weighted by molar-refractivity contribution is 0.0343. The minimum absolute atomic E-state index is 0.866. The lowest BCUT2D eigenvalue weighted by Gasteiger charge is -2.26. The van der Waals surface area contributed by atoms with E-state index in [1.54, 1.807) is 0 Å². The molecule has 0 unspecified atom stereocenters. The highest BCUT2D eigenvalue weighted by Gasteiger charge is 2.13. The van der Waals surface area contributed by atoms with E-state index >= 15 is 0 Å². The molecular formula is C14H18N2O. The van der Waals surface area contributed by atoms with E-state index in [1.807, 2.05) is 0 Å². The Hall–Kier alpha value is -1.32. The average molecular weight is 230 g/mol. The molecule has 0 amide bonds. The maximum absolute atomic E-state index is 5.38. The molecule has 0 saturated carbocycles. The summed E-state index contributed by atoms with van der Waals surface area (Å²) in [6.07, 6.45) is 2.25. The van der Waals surface area contributed by atoms with Gasteiger partial charge in [0.2, 0.25) is 0 Å². The van der Waals surface area contributed by atoms with Gasteiger partial charge in [0.25, 0.3) is 0 Å². The minimum atomic E-state index is 0.866. The maximum Gasteiger partial charge on any atom is 0.0594 e. The molecule has 0 spiro atoms. The Balaban J connectivity index is 1.89. The molecule has 2 heterocycles. The largest absolute Gasteiger partial charge is 0.379 e. The van der Waals surface area contributed by atoms with Gasteiger partial charge in [-0.2, -0.15) is 0 Å². The van der Waals surface area contributed by atoms with Gasteiger partial charge in [0.1, 0.15) is 0 Å². The van der Waals surface area contributed by atoms with Gasteiger partial charge < -0.3 is 9.30 Å². The predicted molar refractivity (Wildman–Crippen MR) is 69.0 cm³/mol. The Morgan fingerprint density at radius 1 is 1.18 bits per heavy atom. The molecule has 1 aromatic heterocycles. The van der Waals surface area contributed by atoms with E-state index in [-0.39, 0.29) is 0 Å². The van der Waals surface area contributed by atoms with Crippen LogP contribution in [-0.2, 0) is 18.3 Å². The highest BCUT2D eigenvalue weighted by Crippen LogP contribution is 2.21. The van der Waals surface area contributed by atoms with Crippen molar-refractivity contribution in [1.82, 2.24) is 9.47 Å². The van der Waals surface area contributed by atoms with Crippen molar-refractivity contribution in [2.24, 2.45) is 7.05 Å². The molecule has 3 nitrogen and oxygen atoms in total. The summed E-state index contributed by atoms with van der Waals surface area (Å²) in [5, 5.41) is 1.38. The van der Waals surface area contributed by atoms with Gasteiger partial charge in [0.05, 0.1) is 13.2 Å². The van der Waals surface area contributed by atoms with Gasteiger partial charge in [-0.25, -0.2) is 0 Å². The van der Waals surface area contributed by atoms with Gasteiger partial charge in [-0.1, -0.05) is 18.2 Å². The Morgan fingerprint density at radius 2 is 1.94 bits per heavy atom. The molecule has 1 fully saturated rings. The fourth-order valence-electron chi connectivity index (χ4n) is 2.55. The van der Waals surface area contributed by atoms with E-state index < -0.39 is 0 Å². The third-order valence-corrected chi connectivity index (χ3v) is 3.48. The molecule has 17 heavy (non-hydrogen) atoms. The van der Waals surface area contributed by atoms with Gasteiger partial charge in [-0.15, -0.1) is 0 Å². The van der Waals surface area contributed by atoms with Crippen molar-refractivity contribution in [3.05, 3.63) is 36.0 Å². The molecule has 0 atom stereocenters. The fourth-order valence-corrected chi connectivity index (χ4v) is 2.55. The van der Waals surface area contributed by atoms with Crippen molar-refractivity contribution in [1.29, 1.82) is 0 Å². The summed E-state index contributed by atoms with van der Waals surface area (Å²) in [5.41, 5.74) is 2.74. The summed E-state index contributed by atoms with van der Waals surface area (Å²) in [6, 6.07) is 8.61. The summed E-state index contributed by atoms with van der Waals surface area (Å²) in [5.74, 6) is 0. The van der Waals surface area contributed by atoms with Gasteiger partial charge >= 0.3 is 0 Å². The Labute approximate surface area is 102 Å². The van der Waals surface area contributed by atoms with Gasteiger partial charge in [0.15, 0.2) is 0 Å². The molecule has 0 N–H and O–H groups in total. The van der Waals surface area contributed by atoms with Crippen LogP contribution < -0.4 is 0 Å². The topological polar surface area (TPSA) is 17.4 Å². The summed E-state index contributed by atoms with van der Waals surface area (Å²) in [7, 11) is 2.12. The van der Waals surface area contributed by atoms with Gasteiger partial charge in [-0.3, -0.25) is 4.90 Å². The monoisotopic (exact) mass is 230 g/mol. The molecule has 1 aliphatic rings. The first-order valence-electron chi connectivity index (χ1n) is 6.17. The average Bonchev–Trinajstić information content (AvgIpc) is 2.69. The zero-order chi connectivity index (χ0) is 11.7. The quantitative estimate of drug-likeness (QED) is 0.785. The van der Waals surface area contributed by atoms with Crippen molar-refractivity contribution in [3.63, 3.8) is 0 Å². The standard InChI is InChI=1S/C14H18N2O/c1-15-10-12(11-16-6-8-17-9-7-16)13-4-2-3-5-14(13)15/h2-5,10H,6-9,11H2,1H3. The second-order valence-electron chi connectivity index (χ2n) is 4.67. The number of para-hydroxylation sites is 1. The van der Waals surface area contributed by atoms with Crippen molar-refractivity contribution in [3.8, 4) is 0 Å². The molecule has 0 radical (unpaired) electrons. The normalized spacial score (nSPS) is 17.7. The molecule has 1 aromatic carbocycles. The minimum Gasteiger partial charge on any atom is -0.379 e. The van der Waals surface area contributed by atoms with Crippen LogP contribution in [0.3, 0.4) is 0 Å². The van der Waals surface area contributed by atoms with Crippen LogP contribution >= 0.6 is 0 Å². The zero-order valence-electron chi connectivity index (χ0n) is 10.2. The molecular weight excluding hydrogens is 212 g/mol. The molecule has 3 heteroatoms. The number of fused-ring (bicyclic) bond motifs is 1. The molecule has 90 valence electrons. The number of benzene rings is 1. The number of nitrogens with zero attached hydrogens (tertiary/aromatic N) is 2. The number of hydrogen-bond donors (Lipinski definition) is 0. The summed E-state index contributed by atoms with van der Waals surface area (Å²) >= 11 is 0. The van der Waals surface area contributed by atoms with Gasteiger partial charge in [-0.05, 0) is 11.6 Å². The Bertz CT molecular complexity index is 512. The first-order chi connectivity index (χ1) is 8.34. The highest BCUT2D eigenvalue weighted by molar-refractivity contribution is 5.83. The second-order valence-corrected chi connectivity index (χ2v) is 4.67. The Kier molecular flexibility index (Phi) is 2.87. The van der Waals surface area contributed by atoms with E-state index in [1.165, 1.54) is 16.5 Å². The van der Waals surface area contributed by atoms with E-state index in [9.17, 15) is 0 Å². The van der Waals surface area contributed by atoms with Crippen molar-refractivity contribution >= 4 is 10.9 Å².